The second kappa shape index (κ2) is 6.58. The Morgan fingerprint density at radius 1 is 1.10 bits per heavy atom. The fourth-order valence-electron chi connectivity index (χ4n) is 2.17. The van der Waals surface area contributed by atoms with Gasteiger partial charge in [-0.3, -0.25) is 4.79 Å². The third-order valence-electron chi connectivity index (χ3n) is 3.09. The summed E-state index contributed by atoms with van der Waals surface area (Å²) in [6, 6.07) is 18.0. The first kappa shape index (κ1) is 13.9. The summed E-state index contributed by atoms with van der Waals surface area (Å²) in [6.45, 7) is 1.73. The quantitative estimate of drug-likeness (QED) is 0.849. The normalized spacial score (nSPS) is 11.2. The van der Waals surface area contributed by atoms with Gasteiger partial charge in [0.05, 0.1) is 12.3 Å². The smallest absolute Gasteiger partial charge is 0.304 e. The summed E-state index contributed by atoms with van der Waals surface area (Å²) in [4.78, 5) is 10.9. The van der Waals surface area contributed by atoms with E-state index in [0.29, 0.717) is 0 Å². The van der Waals surface area contributed by atoms with Gasteiger partial charge in [0.1, 0.15) is 0 Å². The maximum absolute atomic E-state index is 10.9. The van der Waals surface area contributed by atoms with Crippen LogP contribution in [0.5, 0.6) is 0 Å². The lowest BCUT2D eigenvalue weighted by atomic mass is 9.93. The molecule has 1 unspecified atom stereocenters. The SMILES string of the molecule is CC#CC(CC(=O)O)c1cccc(-c2ccccc2)c1. The van der Waals surface area contributed by atoms with Gasteiger partial charge in [0.25, 0.3) is 0 Å². The number of aliphatic carboxylic acids is 1. The highest BCUT2D eigenvalue weighted by Gasteiger charge is 2.13. The molecule has 0 bridgehead atoms. The Balaban J connectivity index is 2.37. The fraction of sp³-hybridized carbons (Fsp3) is 0.167. The van der Waals surface area contributed by atoms with Gasteiger partial charge in [-0.2, -0.15) is 0 Å². The van der Waals surface area contributed by atoms with Crippen LogP contribution in [0.3, 0.4) is 0 Å². The molecule has 0 fully saturated rings. The van der Waals surface area contributed by atoms with Gasteiger partial charge in [0.2, 0.25) is 0 Å². The maximum atomic E-state index is 10.9. The molecule has 0 aliphatic rings. The molecule has 1 N–H and O–H groups in total. The molecule has 2 nitrogen and oxygen atoms in total. The van der Waals surface area contributed by atoms with Crippen LogP contribution in [0.15, 0.2) is 54.6 Å². The Hall–Kier alpha value is -2.53. The number of hydrogen-bond donors (Lipinski definition) is 1. The third kappa shape index (κ3) is 3.49. The maximum Gasteiger partial charge on any atom is 0.304 e. The van der Waals surface area contributed by atoms with Gasteiger partial charge in [-0.1, -0.05) is 54.5 Å². The highest BCUT2D eigenvalue weighted by molar-refractivity contribution is 5.70. The summed E-state index contributed by atoms with van der Waals surface area (Å²) in [6.07, 6.45) is 0.0269. The van der Waals surface area contributed by atoms with Crippen LogP contribution in [0.25, 0.3) is 11.1 Å². The molecule has 0 aliphatic carbocycles. The lowest BCUT2D eigenvalue weighted by Gasteiger charge is -2.10. The zero-order valence-corrected chi connectivity index (χ0v) is 11.3. The van der Waals surface area contributed by atoms with Gasteiger partial charge >= 0.3 is 5.97 Å². The van der Waals surface area contributed by atoms with Crippen molar-refractivity contribution in [3.63, 3.8) is 0 Å². The average molecular weight is 264 g/mol. The second-order valence-electron chi connectivity index (χ2n) is 4.54. The molecule has 0 radical (unpaired) electrons. The summed E-state index contributed by atoms with van der Waals surface area (Å²) in [7, 11) is 0. The lowest BCUT2D eigenvalue weighted by Crippen LogP contribution is -2.04. The molecule has 0 saturated carbocycles. The van der Waals surface area contributed by atoms with E-state index in [-0.39, 0.29) is 12.3 Å². The van der Waals surface area contributed by atoms with Gasteiger partial charge in [-0.25, -0.2) is 0 Å². The van der Waals surface area contributed by atoms with Crippen LogP contribution in [0.4, 0.5) is 0 Å². The van der Waals surface area contributed by atoms with Crippen molar-refractivity contribution in [3.8, 4) is 23.0 Å². The molecule has 0 saturated heterocycles. The molecule has 2 heteroatoms. The van der Waals surface area contributed by atoms with Crippen LogP contribution in [0, 0.1) is 11.8 Å². The van der Waals surface area contributed by atoms with Crippen LogP contribution in [-0.2, 0) is 4.79 Å². The van der Waals surface area contributed by atoms with E-state index in [2.05, 4.69) is 11.8 Å². The number of carboxylic acids is 1. The predicted molar refractivity (Wildman–Crippen MR) is 80.3 cm³/mol. The van der Waals surface area contributed by atoms with Crippen LogP contribution in [0.2, 0.25) is 0 Å². The molecule has 100 valence electrons. The Kier molecular flexibility index (Phi) is 4.57. The Labute approximate surface area is 119 Å². The lowest BCUT2D eigenvalue weighted by molar-refractivity contribution is -0.137. The molecule has 0 heterocycles. The van der Waals surface area contributed by atoms with Crippen molar-refractivity contribution >= 4 is 5.97 Å². The summed E-state index contributed by atoms with van der Waals surface area (Å²) >= 11 is 0. The van der Waals surface area contributed by atoms with E-state index in [9.17, 15) is 4.79 Å². The second-order valence-corrected chi connectivity index (χ2v) is 4.54. The topological polar surface area (TPSA) is 37.3 Å². The molecule has 2 rings (SSSR count). The van der Waals surface area contributed by atoms with Gasteiger partial charge in [-0.15, -0.1) is 5.92 Å². The van der Waals surface area contributed by atoms with Crippen LogP contribution in [0.1, 0.15) is 24.8 Å². The average Bonchev–Trinajstić information content (AvgIpc) is 2.47. The monoisotopic (exact) mass is 264 g/mol. The van der Waals surface area contributed by atoms with Crippen LogP contribution >= 0.6 is 0 Å². The van der Waals surface area contributed by atoms with E-state index in [1.54, 1.807) is 6.92 Å². The van der Waals surface area contributed by atoms with Crippen LogP contribution in [-0.4, -0.2) is 11.1 Å². The number of carbonyl (C=O) groups is 1. The largest absolute Gasteiger partial charge is 0.481 e. The molecular weight excluding hydrogens is 248 g/mol. The van der Waals surface area contributed by atoms with E-state index in [0.717, 1.165) is 16.7 Å². The summed E-state index contributed by atoms with van der Waals surface area (Å²) in [5, 5.41) is 8.99. The van der Waals surface area contributed by atoms with Crippen molar-refractivity contribution < 1.29 is 9.90 Å². The Morgan fingerprint density at radius 3 is 2.45 bits per heavy atom. The van der Waals surface area contributed by atoms with Crippen molar-refractivity contribution in [1.82, 2.24) is 0 Å². The molecule has 1 atom stereocenters. The van der Waals surface area contributed by atoms with Crippen molar-refractivity contribution in [2.45, 2.75) is 19.3 Å². The fourth-order valence-corrected chi connectivity index (χ4v) is 2.17. The molecule has 20 heavy (non-hydrogen) atoms. The van der Waals surface area contributed by atoms with Gasteiger partial charge in [-0.05, 0) is 29.7 Å². The number of carboxylic acid groups (broad SMARTS) is 1. The van der Waals surface area contributed by atoms with Crippen LogP contribution < -0.4 is 0 Å². The molecule has 0 amide bonds. The summed E-state index contributed by atoms with van der Waals surface area (Å²) < 4.78 is 0. The molecule has 0 aliphatic heterocycles. The zero-order valence-electron chi connectivity index (χ0n) is 11.3. The molecule has 0 aromatic heterocycles. The van der Waals surface area contributed by atoms with E-state index in [1.807, 2.05) is 54.6 Å². The van der Waals surface area contributed by atoms with Crippen molar-refractivity contribution in [3.05, 3.63) is 60.2 Å². The van der Waals surface area contributed by atoms with E-state index < -0.39 is 5.97 Å². The highest BCUT2D eigenvalue weighted by Crippen LogP contribution is 2.25. The van der Waals surface area contributed by atoms with Crippen molar-refractivity contribution in [1.29, 1.82) is 0 Å². The molecule has 2 aromatic rings. The minimum Gasteiger partial charge on any atom is -0.481 e. The summed E-state index contributed by atoms with van der Waals surface area (Å²) in [5.41, 5.74) is 3.15. The van der Waals surface area contributed by atoms with E-state index in [1.165, 1.54) is 0 Å². The number of benzene rings is 2. The van der Waals surface area contributed by atoms with E-state index in [4.69, 9.17) is 5.11 Å². The standard InChI is InChI=1S/C18H16O2/c1-2-7-15(13-18(19)20)17-11-6-10-16(12-17)14-8-4-3-5-9-14/h3-6,8-12,15H,13H2,1H3,(H,19,20). The minimum absolute atomic E-state index is 0.0269. The number of hydrogen-bond acceptors (Lipinski definition) is 1. The predicted octanol–water partition coefficient (Wildman–Crippen LogP) is 3.94. The third-order valence-corrected chi connectivity index (χ3v) is 3.09. The zero-order chi connectivity index (χ0) is 14.4. The Morgan fingerprint density at radius 2 is 1.80 bits per heavy atom. The molecule has 2 aromatic carbocycles. The highest BCUT2D eigenvalue weighted by atomic mass is 16.4. The minimum atomic E-state index is -0.831. The van der Waals surface area contributed by atoms with Crippen molar-refractivity contribution in [2.24, 2.45) is 0 Å². The van der Waals surface area contributed by atoms with Crippen molar-refractivity contribution in [2.75, 3.05) is 0 Å². The first-order valence-electron chi connectivity index (χ1n) is 6.50. The Bertz CT molecular complexity index is 648. The number of rotatable bonds is 4. The van der Waals surface area contributed by atoms with Gasteiger partial charge in [0.15, 0.2) is 0 Å². The van der Waals surface area contributed by atoms with Gasteiger partial charge in [0, 0.05) is 0 Å². The molecule has 0 spiro atoms. The summed E-state index contributed by atoms with van der Waals surface area (Å²) in [5.74, 6) is 4.70. The first-order valence-corrected chi connectivity index (χ1v) is 6.50. The first-order chi connectivity index (χ1) is 9.70. The van der Waals surface area contributed by atoms with Gasteiger partial charge < -0.3 is 5.11 Å². The molecular formula is C18H16O2. The van der Waals surface area contributed by atoms with E-state index >= 15 is 0 Å².